The van der Waals surface area contributed by atoms with Gasteiger partial charge in [-0.15, -0.1) is 0 Å². The molecule has 2 nitrogen and oxygen atoms in total. The smallest absolute Gasteiger partial charge is 0.165 e. The van der Waals surface area contributed by atoms with Crippen LogP contribution in [-0.2, 0) is 6.42 Å². The van der Waals surface area contributed by atoms with E-state index in [0.717, 1.165) is 24.8 Å². The number of para-hydroxylation sites is 1. The molecule has 0 unspecified atom stereocenters. The van der Waals surface area contributed by atoms with E-state index in [1.54, 1.807) is 6.07 Å². The van der Waals surface area contributed by atoms with Crippen molar-refractivity contribution in [3.63, 3.8) is 0 Å². The summed E-state index contributed by atoms with van der Waals surface area (Å²) in [7, 11) is 1.49. The van der Waals surface area contributed by atoms with Crippen molar-refractivity contribution in [2.45, 2.75) is 19.3 Å². The van der Waals surface area contributed by atoms with Crippen molar-refractivity contribution in [3.8, 4) is 5.75 Å². The van der Waals surface area contributed by atoms with Crippen molar-refractivity contribution in [2.24, 2.45) is 5.73 Å². The molecule has 0 aromatic heterocycles. The predicted molar refractivity (Wildman–Crippen MR) is 54.9 cm³/mol. The van der Waals surface area contributed by atoms with Gasteiger partial charge < -0.3 is 10.5 Å². The van der Waals surface area contributed by atoms with E-state index in [1.165, 1.54) is 13.2 Å². The van der Waals surface area contributed by atoms with Gasteiger partial charge >= 0.3 is 0 Å². The van der Waals surface area contributed by atoms with Gasteiger partial charge in [0.2, 0.25) is 0 Å². The highest BCUT2D eigenvalue weighted by atomic mass is 19.1. The van der Waals surface area contributed by atoms with E-state index in [9.17, 15) is 4.39 Å². The summed E-state index contributed by atoms with van der Waals surface area (Å²) in [4.78, 5) is 0. The maximum absolute atomic E-state index is 13.2. The summed E-state index contributed by atoms with van der Waals surface area (Å²) >= 11 is 0. The lowest BCUT2D eigenvalue weighted by Crippen LogP contribution is -2.00. The van der Waals surface area contributed by atoms with Gasteiger partial charge in [-0.3, -0.25) is 0 Å². The van der Waals surface area contributed by atoms with E-state index in [-0.39, 0.29) is 5.82 Å². The average molecular weight is 197 g/mol. The fourth-order valence-corrected chi connectivity index (χ4v) is 1.44. The van der Waals surface area contributed by atoms with E-state index in [1.807, 2.05) is 6.07 Å². The van der Waals surface area contributed by atoms with Crippen molar-refractivity contribution in [3.05, 3.63) is 29.6 Å². The molecule has 0 amide bonds. The van der Waals surface area contributed by atoms with Gasteiger partial charge in [0.1, 0.15) is 0 Å². The lowest BCUT2D eigenvalue weighted by molar-refractivity contribution is 0.381. The third kappa shape index (κ3) is 2.70. The summed E-state index contributed by atoms with van der Waals surface area (Å²) in [5.74, 6) is 0.0715. The monoisotopic (exact) mass is 197 g/mol. The van der Waals surface area contributed by atoms with Gasteiger partial charge in [-0.05, 0) is 37.4 Å². The summed E-state index contributed by atoms with van der Waals surface area (Å²) in [5, 5.41) is 0. The molecule has 0 heterocycles. The maximum Gasteiger partial charge on any atom is 0.165 e. The second-order valence-electron chi connectivity index (χ2n) is 3.18. The predicted octanol–water partition coefficient (Wildman–Crippen LogP) is 2.12. The molecule has 0 radical (unpaired) electrons. The molecule has 0 aliphatic heterocycles. The molecule has 2 N–H and O–H groups in total. The SMILES string of the molecule is COc1c(F)cccc1CCCCN. The number of halogens is 1. The molecule has 0 bridgehead atoms. The summed E-state index contributed by atoms with van der Waals surface area (Å²) in [5.41, 5.74) is 6.31. The summed E-state index contributed by atoms with van der Waals surface area (Å²) in [6.07, 6.45) is 2.74. The molecule has 0 atom stereocenters. The number of ether oxygens (including phenoxy) is 1. The van der Waals surface area contributed by atoms with E-state index in [4.69, 9.17) is 10.5 Å². The van der Waals surface area contributed by atoms with Gasteiger partial charge in [0.25, 0.3) is 0 Å². The third-order valence-electron chi connectivity index (χ3n) is 2.15. The van der Waals surface area contributed by atoms with Gasteiger partial charge in [0.05, 0.1) is 7.11 Å². The lowest BCUT2D eigenvalue weighted by Gasteiger charge is -2.08. The van der Waals surface area contributed by atoms with Crippen LogP contribution >= 0.6 is 0 Å². The zero-order valence-electron chi connectivity index (χ0n) is 8.42. The number of nitrogens with two attached hydrogens (primary N) is 1. The molecular weight excluding hydrogens is 181 g/mol. The van der Waals surface area contributed by atoms with Crippen LogP contribution in [0.4, 0.5) is 4.39 Å². The standard InChI is InChI=1S/C11H16FNO/c1-14-11-9(5-2-3-8-13)6-4-7-10(11)12/h4,6-7H,2-3,5,8,13H2,1H3. The van der Waals surface area contributed by atoms with Gasteiger partial charge in [-0.2, -0.15) is 0 Å². The number of hydrogen-bond acceptors (Lipinski definition) is 2. The van der Waals surface area contributed by atoms with Crippen molar-refractivity contribution in [2.75, 3.05) is 13.7 Å². The van der Waals surface area contributed by atoms with Crippen LogP contribution in [-0.4, -0.2) is 13.7 Å². The second-order valence-corrected chi connectivity index (χ2v) is 3.18. The number of rotatable bonds is 5. The number of aryl methyl sites for hydroxylation is 1. The Kier molecular flexibility index (Phi) is 4.40. The quantitative estimate of drug-likeness (QED) is 0.734. The van der Waals surface area contributed by atoms with Crippen LogP contribution in [0.1, 0.15) is 18.4 Å². The molecule has 78 valence electrons. The molecule has 1 aromatic carbocycles. The topological polar surface area (TPSA) is 35.2 Å². The zero-order valence-corrected chi connectivity index (χ0v) is 8.42. The van der Waals surface area contributed by atoms with Crippen LogP contribution in [0.25, 0.3) is 0 Å². The maximum atomic E-state index is 13.2. The highest BCUT2D eigenvalue weighted by Gasteiger charge is 2.07. The Morgan fingerprint density at radius 1 is 1.36 bits per heavy atom. The molecule has 0 saturated carbocycles. The van der Waals surface area contributed by atoms with Crippen LogP contribution in [0.2, 0.25) is 0 Å². The Morgan fingerprint density at radius 2 is 2.14 bits per heavy atom. The highest BCUT2D eigenvalue weighted by Crippen LogP contribution is 2.23. The molecule has 0 fully saturated rings. The Bertz CT molecular complexity index is 289. The first-order valence-corrected chi connectivity index (χ1v) is 4.81. The molecule has 0 aliphatic carbocycles. The lowest BCUT2D eigenvalue weighted by atomic mass is 10.1. The Hall–Kier alpha value is -1.09. The van der Waals surface area contributed by atoms with E-state index >= 15 is 0 Å². The Labute approximate surface area is 83.9 Å². The van der Waals surface area contributed by atoms with E-state index in [0.29, 0.717) is 12.3 Å². The Balaban J connectivity index is 2.70. The second kappa shape index (κ2) is 5.60. The van der Waals surface area contributed by atoms with E-state index < -0.39 is 0 Å². The molecule has 14 heavy (non-hydrogen) atoms. The van der Waals surface area contributed by atoms with Gasteiger partial charge in [-0.1, -0.05) is 12.1 Å². The van der Waals surface area contributed by atoms with Gasteiger partial charge in [-0.25, -0.2) is 4.39 Å². The first kappa shape index (κ1) is 11.0. The molecule has 0 saturated heterocycles. The van der Waals surface area contributed by atoms with Crippen LogP contribution < -0.4 is 10.5 Å². The first-order valence-electron chi connectivity index (χ1n) is 4.81. The van der Waals surface area contributed by atoms with Crippen molar-refractivity contribution < 1.29 is 9.13 Å². The molecule has 0 aliphatic rings. The van der Waals surface area contributed by atoms with Crippen LogP contribution in [0.3, 0.4) is 0 Å². The molecule has 1 rings (SSSR count). The minimum atomic E-state index is -0.294. The zero-order chi connectivity index (χ0) is 10.4. The first-order chi connectivity index (χ1) is 6.79. The number of hydrogen-bond donors (Lipinski definition) is 1. The van der Waals surface area contributed by atoms with Crippen LogP contribution in [0.15, 0.2) is 18.2 Å². The normalized spacial score (nSPS) is 10.2. The fourth-order valence-electron chi connectivity index (χ4n) is 1.44. The van der Waals surface area contributed by atoms with Crippen molar-refractivity contribution >= 4 is 0 Å². The Morgan fingerprint density at radius 3 is 2.79 bits per heavy atom. The van der Waals surface area contributed by atoms with E-state index in [2.05, 4.69) is 0 Å². The minimum absolute atomic E-state index is 0.294. The van der Waals surface area contributed by atoms with Crippen LogP contribution in [0.5, 0.6) is 5.75 Å². The number of unbranched alkanes of at least 4 members (excludes halogenated alkanes) is 1. The third-order valence-corrected chi connectivity index (χ3v) is 2.15. The number of methoxy groups -OCH3 is 1. The minimum Gasteiger partial charge on any atom is -0.493 e. The summed E-state index contributed by atoms with van der Waals surface area (Å²) in [6, 6.07) is 5.00. The molecular formula is C11H16FNO. The highest BCUT2D eigenvalue weighted by molar-refractivity contribution is 5.34. The fraction of sp³-hybridized carbons (Fsp3) is 0.455. The molecule has 0 spiro atoms. The summed E-state index contributed by atoms with van der Waals surface area (Å²) < 4.78 is 18.2. The van der Waals surface area contributed by atoms with Gasteiger partial charge in [0.15, 0.2) is 11.6 Å². The van der Waals surface area contributed by atoms with Crippen molar-refractivity contribution in [1.29, 1.82) is 0 Å². The average Bonchev–Trinajstić information content (AvgIpc) is 2.18. The summed E-state index contributed by atoms with van der Waals surface area (Å²) in [6.45, 7) is 0.678. The van der Waals surface area contributed by atoms with Gasteiger partial charge in [0, 0.05) is 0 Å². The number of benzene rings is 1. The molecule has 1 aromatic rings. The largest absolute Gasteiger partial charge is 0.493 e. The van der Waals surface area contributed by atoms with Crippen molar-refractivity contribution in [1.82, 2.24) is 0 Å². The molecule has 3 heteroatoms. The van der Waals surface area contributed by atoms with Crippen LogP contribution in [0, 0.1) is 5.82 Å².